The van der Waals surface area contributed by atoms with Crippen molar-refractivity contribution in [2.75, 3.05) is 4.90 Å². The first kappa shape index (κ1) is 30.9. The van der Waals surface area contributed by atoms with Gasteiger partial charge in [-0.2, -0.15) is 0 Å². The molecule has 1 amide bonds. The number of aliphatic hydroxyl groups is 1. The summed E-state index contributed by atoms with van der Waals surface area (Å²) in [5.74, 6) is -1.09. The number of carbonyl (C=O) groups is 2. The predicted molar refractivity (Wildman–Crippen MR) is 182 cm³/mol. The van der Waals surface area contributed by atoms with Crippen LogP contribution in [0.5, 0.6) is 5.75 Å². The molecule has 226 valence electrons. The number of hydrogen-bond acceptors (Lipinski definition) is 8. The van der Waals surface area contributed by atoms with Gasteiger partial charge in [-0.25, -0.2) is 4.39 Å². The highest BCUT2D eigenvalue weighted by atomic mass is 127. The minimum absolute atomic E-state index is 0.0366. The number of thioether (sulfide) groups is 1. The average molecular weight is 750 g/mol. The normalized spacial score (nSPS) is 15.9. The molecule has 0 aliphatic carbocycles. The van der Waals surface area contributed by atoms with Crippen LogP contribution < -0.4 is 9.64 Å². The van der Waals surface area contributed by atoms with Crippen molar-refractivity contribution in [3.63, 3.8) is 0 Å². The smallest absolute Gasteiger partial charge is 0.301 e. The Hall–Kier alpha value is -4.07. The molecule has 5 aromatic rings. The zero-order valence-electron chi connectivity index (χ0n) is 23.8. The van der Waals surface area contributed by atoms with Crippen LogP contribution in [0, 0.1) is 16.3 Å². The Kier molecular flexibility index (Phi) is 9.29. The number of benzene rings is 4. The quantitative estimate of drug-likeness (QED) is 0.0407. The van der Waals surface area contributed by atoms with Gasteiger partial charge in [0.15, 0.2) is 4.34 Å². The number of aromatic nitrogens is 2. The molecular formula is C34H25FIN3O4S2. The Morgan fingerprint density at radius 3 is 2.40 bits per heavy atom. The summed E-state index contributed by atoms with van der Waals surface area (Å²) in [6.45, 7) is 2.41. The first-order valence-corrected chi connectivity index (χ1v) is 16.7. The summed E-state index contributed by atoms with van der Waals surface area (Å²) in [6.07, 6.45) is 0. The second kappa shape index (κ2) is 13.5. The van der Waals surface area contributed by atoms with E-state index in [4.69, 9.17) is 4.74 Å². The molecule has 4 aromatic carbocycles. The van der Waals surface area contributed by atoms with Gasteiger partial charge in [-0.15, -0.1) is 10.2 Å². The number of amides is 1. The van der Waals surface area contributed by atoms with Crippen LogP contribution >= 0.6 is 45.7 Å². The van der Waals surface area contributed by atoms with E-state index in [0.29, 0.717) is 33.6 Å². The van der Waals surface area contributed by atoms with Gasteiger partial charge in [0.1, 0.15) is 23.9 Å². The van der Waals surface area contributed by atoms with Crippen LogP contribution in [0.25, 0.3) is 5.76 Å². The maximum Gasteiger partial charge on any atom is 0.301 e. The summed E-state index contributed by atoms with van der Waals surface area (Å²) < 4.78 is 20.8. The Bertz CT molecular complexity index is 1890. The number of ether oxygens (including phenoxy) is 1. The van der Waals surface area contributed by atoms with E-state index < -0.39 is 17.7 Å². The van der Waals surface area contributed by atoms with Crippen molar-refractivity contribution < 1.29 is 23.8 Å². The number of aliphatic hydroxyl groups excluding tert-OH is 1. The van der Waals surface area contributed by atoms with Crippen LogP contribution in [0.1, 0.15) is 33.9 Å². The number of ketones is 1. The molecular weight excluding hydrogens is 724 g/mol. The summed E-state index contributed by atoms with van der Waals surface area (Å²) in [5.41, 5.74) is 4.08. The van der Waals surface area contributed by atoms with Crippen LogP contribution in [-0.2, 0) is 21.9 Å². The van der Waals surface area contributed by atoms with Crippen LogP contribution in [0.2, 0.25) is 0 Å². The van der Waals surface area contributed by atoms with E-state index in [-0.39, 0.29) is 22.3 Å². The maximum absolute atomic E-state index is 13.5. The number of halogens is 2. The first-order chi connectivity index (χ1) is 21.8. The summed E-state index contributed by atoms with van der Waals surface area (Å²) in [4.78, 5) is 28.4. The number of anilines is 1. The lowest BCUT2D eigenvalue weighted by Crippen LogP contribution is -2.29. The van der Waals surface area contributed by atoms with Crippen molar-refractivity contribution in [1.29, 1.82) is 0 Å². The molecule has 0 saturated carbocycles. The first-order valence-electron chi connectivity index (χ1n) is 13.8. The van der Waals surface area contributed by atoms with E-state index in [1.165, 1.54) is 40.1 Å². The SMILES string of the molecule is Cc1ccccc1COc1ccc(C(O)=C2C(=O)C(=O)N(c3nnc(SCc4ccc(F)cc4)s3)C2c2ccc(I)cc2)cc1. The maximum atomic E-state index is 13.5. The molecule has 0 bridgehead atoms. The average Bonchev–Trinajstić information content (AvgIpc) is 3.62. The highest BCUT2D eigenvalue weighted by Gasteiger charge is 2.48. The van der Waals surface area contributed by atoms with Gasteiger partial charge in [-0.3, -0.25) is 14.5 Å². The lowest BCUT2D eigenvalue weighted by atomic mass is 9.95. The molecule has 1 fully saturated rings. The van der Waals surface area contributed by atoms with Gasteiger partial charge >= 0.3 is 5.91 Å². The van der Waals surface area contributed by atoms with Crippen LogP contribution in [0.4, 0.5) is 9.52 Å². The van der Waals surface area contributed by atoms with Crippen molar-refractivity contribution >= 4 is 68.3 Å². The molecule has 1 aromatic heterocycles. The highest BCUT2D eigenvalue weighted by molar-refractivity contribution is 14.1. The van der Waals surface area contributed by atoms with Gasteiger partial charge in [0.05, 0.1) is 11.6 Å². The van der Waals surface area contributed by atoms with Crippen LogP contribution in [0.15, 0.2) is 107 Å². The zero-order chi connectivity index (χ0) is 31.5. The van der Waals surface area contributed by atoms with Crippen molar-refractivity contribution in [2.24, 2.45) is 0 Å². The lowest BCUT2D eigenvalue weighted by Gasteiger charge is -2.22. The van der Waals surface area contributed by atoms with Crippen molar-refractivity contribution in [1.82, 2.24) is 10.2 Å². The molecule has 0 spiro atoms. The Balaban J connectivity index is 1.29. The van der Waals surface area contributed by atoms with Crippen molar-refractivity contribution in [2.45, 2.75) is 29.7 Å². The van der Waals surface area contributed by atoms with E-state index in [1.54, 1.807) is 36.4 Å². The third-order valence-corrected chi connectivity index (χ3v) is 10.1. The van der Waals surface area contributed by atoms with E-state index in [2.05, 4.69) is 32.8 Å². The minimum atomic E-state index is -0.915. The van der Waals surface area contributed by atoms with Gasteiger partial charge in [0.2, 0.25) is 5.13 Å². The van der Waals surface area contributed by atoms with E-state index in [0.717, 1.165) is 20.3 Å². The molecule has 6 rings (SSSR count). The molecule has 1 N–H and O–H groups in total. The number of nitrogens with zero attached hydrogens (tertiary/aromatic N) is 3. The summed E-state index contributed by atoms with van der Waals surface area (Å²) >= 11 is 4.75. The molecule has 45 heavy (non-hydrogen) atoms. The molecule has 1 atom stereocenters. The number of aryl methyl sites for hydroxylation is 1. The minimum Gasteiger partial charge on any atom is -0.507 e. The molecule has 2 heterocycles. The van der Waals surface area contributed by atoms with Crippen LogP contribution in [-0.4, -0.2) is 27.0 Å². The van der Waals surface area contributed by atoms with Gasteiger partial charge in [-0.05, 0) is 100 Å². The molecule has 1 unspecified atom stereocenters. The summed E-state index contributed by atoms with van der Waals surface area (Å²) in [5, 5.41) is 20.2. The monoisotopic (exact) mass is 749 g/mol. The Morgan fingerprint density at radius 2 is 1.69 bits per heavy atom. The number of Topliss-reactive ketones (excluding diaryl/α,β-unsaturated/α-hetero) is 1. The third kappa shape index (κ3) is 6.80. The van der Waals surface area contributed by atoms with Crippen molar-refractivity contribution in [3.8, 4) is 5.75 Å². The van der Waals surface area contributed by atoms with E-state index >= 15 is 0 Å². The number of rotatable bonds is 9. The Morgan fingerprint density at radius 1 is 0.978 bits per heavy atom. The fraction of sp³-hybridized carbons (Fsp3) is 0.118. The lowest BCUT2D eigenvalue weighted by molar-refractivity contribution is -0.132. The van der Waals surface area contributed by atoms with E-state index in [9.17, 15) is 19.1 Å². The summed E-state index contributed by atoms with van der Waals surface area (Å²) in [6, 6.07) is 27.4. The third-order valence-electron chi connectivity index (χ3n) is 7.29. The number of carbonyl (C=O) groups excluding carboxylic acids is 2. The molecule has 7 nitrogen and oxygen atoms in total. The highest BCUT2D eigenvalue weighted by Crippen LogP contribution is 2.44. The fourth-order valence-corrected chi connectivity index (χ4v) is 7.05. The van der Waals surface area contributed by atoms with Gasteiger partial charge in [-0.1, -0.05) is 71.6 Å². The molecule has 1 aliphatic heterocycles. The molecule has 0 radical (unpaired) electrons. The second-order valence-electron chi connectivity index (χ2n) is 10.2. The zero-order valence-corrected chi connectivity index (χ0v) is 27.6. The van der Waals surface area contributed by atoms with E-state index in [1.807, 2.05) is 55.5 Å². The van der Waals surface area contributed by atoms with Gasteiger partial charge < -0.3 is 9.84 Å². The molecule has 1 saturated heterocycles. The second-order valence-corrected chi connectivity index (χ2v) is 13.6. The number of hydrogen-bond donors (Lipinski definition) is 1. The van der Waals surface area contributed by atoms with Crippen molar-refractivity contribution in [3.05, 3.63) is 140 Å². The molecule has 11 heteroatoms. The van der Waals surface area contributed by atoms with Gasteiger partial charge in [0, 0.05) is 14.9 Å². The standard InChI is InChI=1S/C34H25FIN3O4S2/c1-20-4-2-3-5-24(20)18-43-27-16-10-23(11-17-27)30(40)28-29(22-8-14-26(36)15-9-22)39(32(42)31(28)41)33-37-38-34(45-33)44-19-21-6-12-25(35)13-7-21/h2-17,29,40H,18-19H2,1H3. The Labute approximate surface area is 280 Å². The summed E-state index contributed by atoms with van der Waals surface area (Å²) in [7, 11) is 0. The predicted octanol–water partition coefficient (Wildman–Crippen LogP) is 8.09. The van der Waals surface area contributed by atoms with Crippen LogP contribution in [0.3, 0.4) is 0 Å². The fourth-order valence-electron chi connectivity index (χ4n) is 4.87. The topological polar surface area (TPSA) is 92.6 Å². The molecule has 1 aliphatic rings. The largest absolute Gasteiger partial charge is 0.507 e. The van der Waals surface area contributed by atoms with Gasteiger partial charge in [0.25, 0.3) is 5.78 Å².